The van der Waals surface area contributed by atoms with Gasteiger partial charge in [-0.05, 0) is 19.3 Å². The molecule has 17 heavy (non-hydrogen) atoms. The van der Waals surface area contributed by atoms with Gasteiger partial charge < -0.3 is 0 Å². The largest absolute Gasteiger partial charge is 0.298 e. The average molecular weight is 234 g/mol. The minimum absolute atomic E-state index is 0.400. The first kappa shape index (κ1) is 10.9. The van der Waals surface area contributed by atoms with Gasteiger partial charge in [-0.25, -0.2) is 4.68 Å². The summed E-state index contributed by atoms with van der Waals surface area (Å²) in [4.78, 5) is 13.2. The predicted octanol–water partition coefficient (Wildman–Crippen LogP) is 1.28. The average Bonchev–Trinajstić information content (AvgIpc) is 3.09. The molecule has 5 heteroatoms. The van der Waals surface area contributed by atoms with E-state index >= 15 is 0 Å². The summed E-state index contributed by atoms with van der Waals surface area (Å²) in [5.74, 6) is 0. The number of aldehydes is 1. The van der Waals surface area contributed by atoms with E-state index < -0.39 is 0 Å². The third-order valence-electron chi connectivity index (χ3n) is 4.06. The van der Waals surface area contributed by atoms with E-state index in [9.17, 15) is 4.79 Å². The molecule has 92 valence electrons. The summed E-state index contributed by atoms with van der Waals surface area (Å²) in [5.41, 5.74) is 0.435. The molecular weight excluding hydrogens is 216 g/mol. The molecule has 1 aromatic heterocycles. The zero-order valence-electron chi connectivity index (χ0n) is 9.96. The summed E-state index contributed by atoms with van der Waals surface area (Å²) >= 11 is 0. The monoisotopic (exact) mass is 234 g/mol. The molecule has 1 saturated heterocycles. The minimum Gasteiger partial charge on any atom is -0.298 e. The maximum atomic E-state index is 10.6. The summed E-state index contributed by atoms with van der Waals surface area (Å²) in [6.45, 7) is 2.22. The summed E-state index contributed by atoms with van der Waals surface area (Å²) in [6.07, 6.45) is 9.10. The van der Waals surface area contributed by atoms with Gasteiger partial charge in [0.25, 0.3) is 0 Å². The van der Waals surface area contributed by atoms with Gasteiger partial charge in [0.15, 0.2) is 6.29 Å². The Kier molecular flexibility index (Phi) is 2.93. The fourth-order valence-electron chi connectivity index (χ4n) is 3.11. The van der Waals surface area contributed by atoms with Crippen LogP contribution in [0.4, 0.5) is 0 Å². The molecule has 2 heterocycles. The van der Waals surface area contributed by atoms with Crippen LogP contribution in [0.2, 0.25) is 0 Å². The van der Waals surface area contributed by atoms with Crippen molar-refractivity contribution in [3.63, 3.8) is 0 Å². The molecule has 0 radical (unpaired) electrons. The molecule has 1 aromatic rings. The lowest BCUT2D eigenvalue weighted by molar-refractivity contribution is 0.111. The van der Waals surface area contributed by atoms with E-state index in [2.05, 4.69) is 15.2 Å². The van der Waals surface area contributed by atoms with E-state index in [0.29, 0.717) is 11.7 Å². The Morgan fingerprint density at radius 1 is 1.24 bits per heavy atom. The van der Waals surface area contributed by atoms with Crippen molar-refractivity contribution in [1.29, 1.82) is 0 Å². The van der Waals surface area contributed by atoms with Crippen molar-refractivity contribution in [3.8, 4) is 0 Å². The van der Waals surface area contributed by atoms with E-state index in [1.165, 1.54) is 25.7 Å². The van der Waals surface area contributed by atoms with Gasteiger partial charge in [-0.15, -0.1) is 5.10 Å². The number of rotatable bonds is 3. The molecule has 1 atom stereocenters. The number of carbonyl (C=O) groups excluding carboxylic acids is 1. The molecule has 0 aromatic carbocycles. The first-order valence-electron chi connectivity index (χ1n) is 6.48. The lowest BCUT2D eigenvalue weighted by Gasteiger charge is -2.23. The maximum absolute atomic E-state index is 10.6. The number of likely N-dealkylation sites (tertiary alicyclic amines) is 1. The van der Waals surface area contributed by atoms with Crippen molar-refractivity contribution in [1.82, 2.24) is 19.9 Å². The third kappa shape index (κ3) is 2.11. The van der Waals surface area contributed by atoms with Gasteiger partial charge in [-0.1, -0.05) is 18.1 Å². The Labute approximate surface area is 101 Å². The van der Waals surface area contributed by atoms with Crippen LogP contribution in [-0.2, 0) is 0 Å². The van der Waals surface area contributed by atoms with Crippen LogP contribution in [0.15, 0.2) is 6.20 Å². The molecule has 0 N–H and O–H groups in total. The molecule has 2 fully saturated rings. The predicted molar refractivity (Wildman–Crippen MR) is 62.9 cm³/mol. The quantitative estimate of drug-likeness (QED) is 0.739. The number of carbonyl (C=O) groups is 1. The van der Waals surface area contributed by atoms with Gasteiger partial charge in [-0.3, -0.25) is 9.69 Å². The zero-order valence-corrected chi connectivity index (χ0v) is 9.96. The fourth-order valence-corrected chi connectivity index (χ4v) is 3.11. The standard InChI is InChI=1S/C12H18N4O/c17-9-10-7-16(14-13-10)12-5-6-15(8-12)11-3-1-2-4-11/h7,9,11-12H,1-6,8H2. The van der Waals surface area contributed by atoms with E-state index in [1.807, 2.05) is 4.68 Å². The van der Waals surface area contributed by atoms with E-state index in [1.54, 1.807) is 6.20 Å². The summed E-state index contributed by atoms with van der Waals surface area (Å²) in [7, 11) is 0. The molecule has 1 unspecified atom stereocenters. The van der Waals surface area contributed by atoms with Gasteiger partial charge >= 0.3 is 0 Å². The summed E-state index contributed by atoms with van der Waals surface area (Å²) < 4.78 is 1.86. The molecule has 3 rings (SSSR count). The van der Waals surface area contributed by atoms with Crippen LogP contribution >= 0.6 is 0 Å². The molecule has 0 spiro atoms. The van der Waals surface area contributed by atoms with Crippen LogP contribution in [0.5, 0.6) is 0 Å². The second kappa shape index (κ2) is 4.56. The van der Waals surface area contributed by atoms with Gasteiger partial charge in [-0.2, -0.15) is 0 Å². The van der Waals surface area contributed by atoms with Crippen molar-refractivity contribution in [3.05, 3.63) is 11.9 Å². The van der Waals surface area contributed by atoms with Crippen molar-refractivity contribution in [2.75, 3.05) is 13.1 Å². The molecule has 1 aliphatic heterocycles. The van der Waals surface area contributed by atoms with Gasteiger partial charge in [0.2, 0.25) is 0 Å². The topological polar surface area (TPSA) is 51.0 Å². The second-order valence-electron chi connectivity index (χ2n) is 5.12. The summed E-state index contributed by atoms with van der Waals surface area (Å²) in [6, 6.07) is 1.19. The van der Waals surface area contributed by atoms with Crippen molar-refractivity contribution >= 4 is 6.29 Å². The van der Waals surface area contributed by atoms with Crippen LogP contribution < -0.4 is 0 Å². The fraction of sp³-hybridized carbons (Fsp3) is 0.750. The second-order valence-corrected chi connectivity index (χ2v) is 5.12. The Morgan fingerprint density at radius 2 is 2.06 bits per heavy atom. The molecule has 0 amide bonds. The van der Waals surface area contributed by atoms with Crippen molar-refractivity contribution in [2.45, 2.75) is 44.2 Å². The molecular formula is C12H18N4O. The first-order valence-corrected chi connectivity index (χ1v) is 6.48. The smallest absolute Gasteiger partial charge is 0.171 e. The zero-order chi connectivity index (χ0) is 11.7. The van der Waals surface area contributed by atoms with Gasteiger partial charge in [0.1, 0.15) is 5.69 Å². The van der Waals surface area contributed by atoms with Crippen LogP contribution in [0, 0.1) is 0 Å². The molecule has 2 aliphatic rings. The van der Waals surface area contributed by atoms with E-state index in [4.69, 9.17) is 0 Å². The van der Waals surface area contributed by atoms with E-state index in [0.717, 1.165) is 31.8 Å². The highest BCUT2D eigenvalue weighted by atomic mass is 16.1. The van der Waals surface area contributed by atoms with Crippen molar-refractivity contribution in [2.24, 2.45) is 0 Å². The van der Waals surface area contributed by atoms with Crippen molar-refractivity contribution < 1.29 is 4.79 Å². The van der Waals surface area contributed by atoms with Crippen LogP contribution in [-0.4, -0.2) is 45.3 Å². The number of hydrogen-bond acceptors (Lipinski definition) is 4. The van der Waals surface area contributed by atoms with Crippen LogP contribution in [0.25, 0.3) is 0 Å². The highest BCUT2D eigenvalue weighted by Gasteiger charge is 2.31. The Morgan fingerprint density at radius 3 is 2.76 bits per heavy atom. The Bertz CT molecular complexity index is 397. The minimum atomic E-state index is 0.400. The van der Waals surface area contributed by atoms with Crippen LogP contribution in [0.3, 0.4) is 0 Å². The third-order valence-corrected chi connectivity index (χ3v) is 4.06. The summed E-state index contributed by atoms with van der Waals surface area (Å²) in [5, 5.41) is 7.87. The molecule has 5 nitrogen and oxygen atoms in total. The number of hydrogen-bond donors (Lipinski definition) is 0. The van der Waals surface area contributed by atoms with Crippen LogP contribution in [0.1, 0.15) is 48.6 Å². The highest BCUT2D eigenvalue weighted by Crippen LogP contribution is 2.30. The number of aromatic nitrogens is 3. The highest BCUT2D eigenvalue weighted by molar-refractivity contribution is 5.70. The first-order chi connectivity index (χ1) is 8.36. The molecule has 0 bridgehead atoms. The SMILES string of the molecule is O=Cc1cn(C2CCN(C3CCCC3)C2)nn1. The molecule has 1 saturated carbocycles. The lowest BCUT2D eigenvalue weighted by Crippen LogP contribution is -2.31. The Hall–Kier alpha value is -1.23. The maximum Gasteiger partial charge on any atom is 0.171 e. The Balaban J connectivity index is 1.64. The normalized spacial score (nSPS) is 26.7. The number of nitrogens with zero attached hydrogens (tertiary/aromatic N) is 4. The van der Waals surface area contributed by atoms with Gasteiger partial charge in [0.05, 0.1) is 12.2 Å². The lowest BCUT2D eigenvalue weighted by atomic mass is 10.2. The van der Waals surface area contributed by atoms with E-state index in [-0.39, 0.29) is 0 Å². The molecule has 1 aliphatic carbocycles. The van der Waals surface area contributed by atoms with Gasteiger partial charge in [0, 0.05) is 19.1 Å².